The Morgan fingerprint density at radius 3 is 2.66 bits per heavy atom. The molecule has 0 spiro atoms. The smallest absolute Gasteiger partial charge is 0.243 e. The predicted octanol–water partition coefficient (Wildman–Crippen LogP) is 4.16. The van der Waals surface area contributed by atoms with Gasteiger partial charge in [-0.05, 0) is 68.4 Å². The Kier molecular flexibility index (Phi) is 6.84. The molecule has 8 heteroatoms. The number of nitrogens with one attached hydrogen (secondary N) is 2. The molecule has 7 nitrogen and oxygen atoms in total. The number of H-pyrrole nitrogens is 1. The Morgan fingerprint density at radius 1 is 1.09 bits per heavy atom. The molecule has 1 fully saturated rings. The van der Waals surface area contributed by atoms with Crippen LogP contribution in [0, 0.1) is 5.92 Å². The van der Waals surface area contributed by atoms with Crippen molar-refractivity contribution in [3.63, 3.8) is 0 Å². The molecule has 186 valence electrons. The molecule has 35 heavy (non-hydrogen) atoms. The Balaban J connectivity index is 1.24. The van der Waals surface area contributed by atoms with Gasteiger partial charge < -0.3 is 15.0 Å². The van der Waals surface area contributed by atoms with Gasteiger partial charge in [0.15, 0.2) is 0 Å². The van der Waals surface area contributed by atoms with E-state index in [1.807, 2.05) is 36.4 Å². The molecule has 1 saturated heterocycles. The molecule has 0 atom stereocenters. The Labute approximate surface area is 206 Å². The van der Waals surface area contributed by atoms with Crippen LogP contribution in [0.4, 0.5) is 0 Å². The van der Waals surface area contributed by atoms with E-state index in [2.05, 4.69) is 10.3 Å². The summed E-state index contributed by atoms with van der Waals surface area (Å²) < 4.78 is 33.8. The number of amides is 1. The number of sulfonamides is 1. The number of hydrogen-bond donors (Lipinski definition) is 2. The van der Waals surface area contributed by atoms with Crippen LogP contribution in [-0.2, 0) is 34.2 Å². The fraction of sp³-hybridized carbons (Fsp3) is 0.444. The van der Waals surface area contributed by atoms with Crippen LogP contribution < -0.4 is 10.1 Å². The lowest BCUT2D eigenvalue weighted by Gasteiger charge is -2.30. The number of nitrogens with zero attached hydrogens (tertiary/aromatic N) is 1. The maximum Gasteiger partial charge on any atom is 0.243 e. The van der Waals surface area contributed by atoms with E-state index in [1.165, 1.54) is 28.4 Å². The van der Waals surface area contributed by atoms with Crippen LogP contribution in [0.2, 0.25) is 0 Å². The number of ether oxygens (including phenoxy) is 1. The molecule has 0 bridgehead atoms. The van der Waals surface area contributed by atoms with Gasteiger partial charge in [-0.25, -0.2) is 8.42 Å². The van der Waals surface area contributed by atoms with Crippen LogP contribution in [0.1, 0.15) is 48.9 Å². The Hall–Kier alpha value is -2.84. The monoisotopic (exact) mass is 495 g/mol. The highest BCUT2D eigenvalue weighted by molar-refractivity contribution is 7.89. The number of aromatic nitrogens is 1. The number of rotatable bonds is 6. The van der Waals surface area contributed by atoms with Gasteiger partial charge in [-0.15, -0.1) is 0 Å². The molecule has 0 radical (unpaired) electrons. The van der Waals surface area contributed by atoms with E-state index in [1.54, 1.807) is 13.2 Å². The lowest BCUT2D eigenvalue weighted by Crippen LogP contribution is -2.42. The van der Waals surface area contributed by atoms with E-state index in [9.17, 15) is 13.2 Å². The van der Waals surface area contributed by atoms with Crippen molar-refractivity contribution < 1.29 is 17.9 Å². The van der Waals surface area contributed by atoms with Crippen LogP contribution in [0.15, 0.2) is 47.4 Å². The number of carbonyl (C=O) groups excluding carboxylic acids is 1. The molecule has 1 amide bonds. The van der Waals surface area contributed by atoms with Gasteiger partial charge in [0.2, 0.25) is 15.9 Å². The number of hydrogen-bond acceptors (Lipinski definition) is 4. The zero-order valence-corrected chi connectivity index (χ0v) is 21.0. The van der Waals surface area contributed by atoms with Crippen LogP contribution in [0.5, 0.6) is 5.75 Å². The fourth-order valence-corrected chi connectivity index (χ4v) is 6.90. The summed E-state index contributed by atoms with van der Waals surface area (Å²) in [6, 6.07) is 13.0. The normalized spacial score (nSPS) is 17.6. The minimum Gasteiger partial charge on any atom is -0.496 e. The number of methoxy groups -OCH3 is 1. The fourth-order valence-electron chi connectivity index (χ4n) is 5.41. The van der Waals surface area contributed by atoms with Gasteiger partial charge in [0.05, 0.1) is 12.0 Å². The zero-order valence-electron chi connectivity index (χ0n) is 20.2. The number of fused-ring (bicyclic) bond motifs is 3. The molecule has 1 aliphatic heterocycles. The van der Waals surface area contributed by atoms with Crippen molar-refractivity contribution >= 4 is 26.8 Å². The van der Waals surface area contributed by atoms with Crippen molar-refractivity contribution in [2.24, 2.45) is 5.92 Å². The van der Waals surface area contributed by atoms with Crippen molar-refractivity contribution in [2.45, 2.75) is 56.4 Å². The van der Waals surface area contributed by atoms with E-state index >= 15 is 0 Å². The number of aryl methyl sites for hydroxylation is 2. The highest BCUT2D eigenvalue weighted by atomic mass is 32.2. The predicted molar refractivity (Wildman–Crippen MR) is 136 cm³/mol. The molecule has 5 rings (SSSR count). The Bertz CT molecular complexity index is 1320. The molecule has 1 aliphatic carbocycles. The van der Waals surface area contributed by atoms with Gasteiger partial charge in [0.25, 0.3) is 0 Å². The molecule has 3 aromatic rings. The maximum atomic E-state index is 13.4. The van der Waals surface area contributed by atoms with E-state index in [-0.39, 0.29) is 11.8 Å². The largest absolute Gasteiger partial charge is 0.496 e. The van der Waals surface area contributed by atoms with Gasteiger partial charge in [0, 0.05) is 47.7 Å². The average molecular weight is 496 g/mol. The molecule has 0 unspecified atom stereocenters. The topological polar surface area (TPSA) is 91.5 Å². The summed E-state index contributed by atoms with van der Waals surface area (Å²) in [6.45, 7) is 1.08. The van der Waals surface area contributed by atoms with Crippen LogP contribution >= 0.6 is 0 Å². The second-order valence-corrected chi connectivity index (χ2v) is 11.5. The van der Waals surface area contributed by atoms with Gasteiger partial charge in [0.1, 0.15) is 5.75 Å². The molecule has 2 aromatic carbocycles. The number of carbonyl (C=O) groups is 1. The van der Waals surface area contributed by atoms with Crippen LogP contribution in [0.25, 0.3) is 10.9 Å². The van der Waals surface area contributed by atoms with Crippen LogP contribution in [-0.4, -0.2) is 43.8 Å². The summed E-state index contributed by atoms with van der Waals surface area (Å²) >= 11 is 0. The first-order valence-electron chi connectivity index (χ1n) is 12.5. The minimum atomic E-state index is -3.61. The zero-order chi connectivity index (χ0) is 24.4. The lowest BCUT2D eigenvalue weighted by molar-refractivity contribution is -0.126. The number of benzene rings is 2. The van der Waals surface area contributed by atoms with Crippen molar-refractivity contribution in [1.82, 2.24) is 14.6 Å². The van der Waals surface area contributed by atoms with Gasteiger partial charge in [-0.2, -0.15) is 4.31 Å². The second-order valence-electron chi connectivity index (χ2n) is 9.56. The molecular weight excluding hydrogens is 462 g/mol. The maximum absolute atomic E-state index is 13.4. The third-order valence-corrected chi connectivity index (χ3v) is 9.32. The third-order valence-electron chi connectivity index (χ3n) is 7.43. The molecule has 2 aliphatic rings. The van der Waals surface area contributed by atoms with Crippen molar-refractivity contribution in [2.75, 3.05) is 20.2 Å². The summed E-state index contributed by atoms with van der Waals surface area (Å²) in [5.41, 5.74) is 4.47. The lowest BCUT2D eigenvalue weighted by atomic mass is 9.97. The first-order valence-corrected chi connectivity index (χ1v) is 13.9. The Morgan fingerprint density at radius 2 is 1.86 bits per heavy atom. The highest BCUT2D eigenvalue weighted by Crippen LogP contribution is 2.32. The first-order chi connectivity index (χ1) is 17.0. The van der Waals surface area contributed by atoms with E-state index in [0.29, 0.717) is 37.4 Å². The second kappa shape index (κ2) is 10.0. The van der Waals surface area contributed by atoms with E-state index in [0.717, 1.165) is 41.5 Å². The first kappa shape index (κ1) is 23.9. The standard InChI is InChI=1S/C27H33N3O4S/c1-34-26-10-6-5-7-20(26)18-28-27(31)19-13-15-30(16-14-19)35(32,33)21-11-12-25-23(17-21)22-8-3-2-4-9-24(22)29-25/h5-7,10-12,17,19,29H,2-4,8-9,13-16,18H2,1H3,(H,28,31). The quantitative estimate of drug-likeness (QED) is 0.503. The average Bonchev–Trinajstić information content (AvgIpc) is 3.06. The van der Waals surface area contributed by atoms with Crippen LogP contribution in [0.3, 0.4) is 0 Å². The molecule has 2 heterocycles. The van der Waals surface area contributed by atoms with Gasteiger partial charge >= 0.3 is 0 Å². The molecule has 0 saturated carbocycles. The number of piperidine rings is 1. The summed E-state index contributed by atoms with van der Waals surface area (Å²) in [6.07, 6.45) is 6.57. The van der Waals surface area contributed by atoms with Crippen molar-refractivity contribution in [3.05, 3.63) is 59.3 Å². The minimum absolute atomic E-state index is 0.0376. The third kappa shape index (κ3) is 4.82. The summed E-state index contributed by atoms with van der Waals surface area (Å²) in [5.74, 6) is 0.508. The van der Waals surface area contributed by atoms with E-state index < -0.39 is 10.0 Å². The molecule has 1 aromatic heterocycles. The highest BCUT2D eigenvalue weighted by Gasteiger charge is 2.32. The molecule has 2 N–H and O–H groups in total. The van der Waals surface area contributed by atoms with Gasteiger partial charge in [-0.1, -0.05) is 24.6 Å². The number of aromatic amines is 1. The number of para-hydroxylation sites is 1. The van der Waals surface area contributed by atoms with Crippen molar-refractivity contribution in [1.29, 1.82) is 0 Å². The molecular formula is C27H33N3O4S. The van der Waals surface area contributed by atoms with Crippen molar-refractivity contribution in [3.8, 4) is 5.75 Å². The summed E-state index contributed by atoms with van der Waals surface area (Å²) in [7, 11) is -2.00. The van der Waals surface area contributed by atoms with E-state index in [4.69, 9.17) is 4.74 Å². The van der Waals surface area contributed by atoms with Gasteiger partial charge in [-0.3, -0.25) is 4.79 Å². The summed E-state index contributed by atoms with van der Waals surface area (Å²) in [4.78, 5) is 16.6. The summed E-state index contributed by atoms with van der Waals surface area (Å²) in [5, 5.41) is 4.03. The SMILES string of the molecule is COc1ccccc1CNC(=O)C1CCN(S(=O)(=O)c2ccc3[nH]c4c(c3c2)CCCCC4)CC1.